The van der Waals surface area contributed by atoms with Crippen LogP contribution in [0.4, 0.5) is 0 Å². The fraction of sp³-hybridized carbons (Fsp3) is 0.125. The standard InChI is InChI=1S/C16H14N2O2/c1-16-13(8-5-9-17-16)12(15(19)20)10-14(18-16)11-6-3-2-4-7-11/h2-10,18H,1H3,(H,19,20). The van der Waals surface area contributed by atoms with Crippen LogP contribution in [0, 0.1) is 0 Å². The van der Waals surface area contributed by atoms with Crippen LogP contribution in [0.1, 0.15) is 12.5 Å². The van der Waals surface area contributed by atoms with Crippen molar-refractivity contribution in [2.75, 3.05) is 0 Å². The average Bonchev–Trinajstić information content (AvgIpc) is 2.46. The number of hydrogen-bond donors (Lipinski definition) is 2. The molecule has 1 unspecified atom stereocenters. The summed E-state index contributed by atoms with van der Waals surface area (Å²) in [6.45, 7) is 1.88. The Labute approximate surface area is 116 Å². The van der Waals surface area contributed by atoms with Crippen LogP contribution in [-0.4, -0.2) is 23.0 Å². The van der Waals surface area contributed by atoms with Crippen LogP contribution in [0.3, 0.4) is 0 Å². The summed E-state index contributed by atoms with van der Waals surface area (Å²) in [5, 5.41) is 12.8. The van der Waals surface area contributed by atoms with Crippen molar-refractivity contribution in [3.05, 3.63) is 65.3 Å². The zero-order chi connectivity index (χ0) is 14.2. The van der Waals surface area contributed by atoms with Crippen molar-refractivity contribution in [1.29, 1.82) is 0 Å². The Balaban J connectivity index is 2.17. The monoisotopic (exact) mass is 266 g/mol. The number of hydrogen-bond acceptors (Lipinski definition) is 3. The molecule has 4 nitrogen and oxygen atoms in total. The molecule has 20 heavy (non-hydrogen) atoms. The van der Waals surface area contributed by atoms with Gasteiger partial charge in [0.05, 0.1) is 5.57 Å². The number of allylic oxidation sites excluding steroid dienone is 1. The predicted octanol–water partition coefficient (Wildman–Crippen LogP) is 2.37. The van der Waals surface area contributed by atoms with Crippen molar-refractivity contribution in [3.8, 4) is 0 Å². The Hall–Kier alpha value is -2.62. The van der Waals surface area contributed by atoms with Crippen molar-refractivity contribution in [2.24, 2.45) is 4.99 Å². The third-order valence-electron chi connectivity index (χ3n) is 3.48. The summed E-state index contributed by atoms with van der Waals surface area (Å²) in [6.07, 6.45) is 6.90. The molecule has 2 N–H and O–H groups in total. The second-order valence-corrected chi connectivity index (χ2v) is 4.89. The van der Waals surface area contributed by atoms with Gasteiger partial charge in [0.1, 0.15) is 0 Å². The number of nitrogens with one attached hydrogen (secondary N) is 1. The summed E-state index contributed by atoms with van der Waals surface area (Å²) >= 11 is 0. The minimum absolute atomic E-state index is 0.276. The molecule has 1 atom stereocenters. The molecule has 0 radical (unpaired) electrons. The maximum absolute atomic E-state index is 11.5. The van der Waals surface area contributed by atoms with E-state index >= 15 is 0 Å². The highest BCUT2D eigenvalue weighted by Gasteiger charge is 2.35. The number of benzene rings is 1. The van der Waals surface area contributed by atoms with E-state index in [4.69, 9.17) is 0 Å². The first kappa shape index (κ1) is 12.4. The predicted molar refractivity (Wildman–Crippen MR) is 78.3 cm³/mol. The molecule has 1 aromatic rings. The van der Waals surface area contributed by atoms with E-state index in [2.05, 4.69) is 10.3 Å². The molecule has 0 aromatic heterocycles. The lowest BCUT2D eigenvalue weighted by atomic mass is 9.88. The maximum Gasteiger partial charge on any atom is 0.336 e. The molecule has 0 saturated carbocycles. The van der Waals surface area contributed by atoms with Crippen molar-refractivity contribution >= 4 is 17.9 Å². The van der Waals surface area contributed by atoms with Gasteiger partial charge in [-0.3, -0.25) is 4.99 Å². The Morgan fingerprint density at radius 3 is 2.75 bits per heavy atom. The molecule has 100 valence electrons. The average molecular weight is 266 g/mol. The molecule has 0 bridgehead atoms. The first-order chi connectivity index (χ1) is 9.60. The van der Waals surface area contributed by atoms with Crippen LogP contribution in [-0.2, 0) is 4.79 Å². The highest BCUT2D eigenvalue weighted by atomic mass is 16.4. The number of fused-ring (bicyclic) bond motifs is 1. The van der Waals surface area contributed by atoms with E-state index in [1.807, 2.05) is 37.3 Å². The molecule has 0 aliphatic carbocycles. The fourth-order valence-electron chi connectivity index (χ4n) is 2.49. The summed E-state index contributed by atoms with van der Waals surface area (Å²) in [5.41, 5.74) is 1.92. The number of nitrogens with zero attached hydrogens (tertiary/aromatic N) is 1. The summed E-state index contributed by atoms with van der Waals surface area (Å²) in [7, 11) is 0. The molecule has 2 aliphatic rings. The molecule has 0 spiro atoms. The molecule has 1 aromatic carbocycles. The van der Waals surface area contributed by atoms with E-state index in [9.17, 15) is 9.90 Å². The first-order valence-electron chi connectivity index (χ1n) is 6.35. The summed E-state index contributed by atoms with van der Waals surface area (Å²) in [6, 6.07) is 9.65. The van der Waals surface area contributed by atoms with E-state index < -0.39 is 11.6 Å². The van der Waals surface area contributed by atoms with Crippen LogP contribution >= 0.6 is 0 Å². The van der Waals surface area contributed by atoms with Crippen LogP contribution in [0.15, 0.2) is 64.7 Å². The minimum Gasteiger partial charge on any atom is -0.478 e. The van der Waals surface area contributed by atoms with E-state index in [1.54, 1.807) is 24.4 Å². The van der Waals surface area contributed by atoms with Gasteiger partial charge in [-0.2, -0.15) is 0 Å². The lowest BCUT2D eigenvalue weighted by molar-refractivity contribution is -0.132. The number of aliphatic carboxylic acids is 1. The topological polar surface area (TPSA) is 61.7 Å². The molecule has 0 amide bonds. The lowest BCUT2D eigenvalue weighted by Crippen LogP contribution is -2.45. The van der Waals surface area contributed by atoms with Gasteiger partial charge in [0.25, 0.3) is 0 Å². The maximum atomic E-state index is 11.5. The van der Waals surface area contributed by atoms with E-state index in [0.29, 0.717) is 5.57 Å². The quantitative estimate of drug-likeness (QED) is 0.864. The SMILES string of the molecule is CC12N=CC=CC1=C(C(=O)O)C=C(c1ccccc1)N2. The molecular weight excluding hydrogens is 252 g/mol. The van der Waals surface area contributed by atoms with Crippen molar-refractivity contribution in [2.45, 2.75) is 12.6 Å². The van der Waals surface area contributed by atoms with E-state index in [0.717, 1.165) is 11.3 Å². The van der Waals surface area contributed by atoms with Gasteiger partial charge in [0.2, 0.25) is 0 Å². The van der Waals surface area contributed by atoms with Gasteiger partial charge in [0, 0.05) is 17.5 Å². The zero-order valence-corrected chi connectivity index (χ0v) is 11.0. The zero-order valence-electron chi connectivity index (χ0n) is 11.0. The van der Waals surface area contributed by atoms with Gasteiger partial charge < -0.3 is 10.4 Å². The molecule has 4 heteroatoms. The number of carboxylic acids is 1. The van der Waals surface area contributed by atoms with E-state index in [-0.39, 0.29) is 5.57 Å². The number of dihydropyridines is 2. The Bertz CT molecular complexity index is 684. The summed E-state index contributed by atoms with van der Waals surface area (Å²) in [5.74, 6) is -0.942. The largest absolute Gasteiger partial charge is 0.478 e. The number of carbonyl (C=O) groups is 1. The second-order valence-electron chi connectivity index (χ2n) is 4.89. The highest BCUT2D eigenvalue weighted by molar-refractivity contribution is 5.96. The van der Waals surface area contributed by atoms with Gasteiger partial charge in [-0.15, -0.1) is 0 Å². The summed E-state index contributed by atoms with van der Waals surface area (Å²) < 4.78 is 0. The van der Waals surface area contributed by atoms with Crippen LogP contribution in [0.2, 0.25) is 0 Å². The molecule has 0 fully saturated rings. The van der Waals surface area contributed by atoms with Crippen molar-refractivity contribution in [1.82, 2.24) is 5.32 Å². The highest BCUT2D eigenvalue weighted by Crippen LogP contribution is 2.34. The van der Waals surface area contributed by atoms with Crippen molar-refractivity contribution < 1.29 is 9.90 Å². The van der Waals surface area contributed by atoms with Crippen molar-refractivity contribution in [3.63, 3.8) is 0 Å². The molecule has 2 aliphatic heterocycles. The molecular formula is C16H14N2O2. The molecule has 0 saturated heterocycles. The molecule has 2 heterocycles. The Kier molecular flexibility index (Phi) is 2.79. The van der Waals surface area contributed by atoms with Gasteiger partial charge in [-0.25, -0.2) is 4.79 Å². The van der Waals surface area contributed by atoms with Crippen LogP contribution in [0.25, 0.3) is 5.70 Å². The minimum atomic E-state index is -0.942. The molecule has 3 rings (SSSR count). The first-order valence-corrected chi connectivity index (χ1v) is 6.35. The Morgan fingerprint density at radius 1 is 1.30 bits per heavy atom. The lowest BCUT2D eigenvalue weighted by Gasteiger charge is -2.36. The second kappa shape index (κ2) is 4.49. The van der Waals surface area contributed by atoms with Gasteiger partial charge in [-0.1, -0.05) is 36.4 Å². The van der Waals surface area contributed by atoms with Crippen LogP contribution in [0.5, 0.6) is 0 Å². The number of rotatable bonds is 2. The van der Waals surface area contributed by atoms with E-state index in [1.165, 1.54) is 0 Å². The number of aliphatic imine (C=N–C) groups is 1. The normalized spacial score (nSPS) is 23.9. The van der Waals surface area contributed by atoms with Gasteiger partial charge in [-0.05, 0) is 24.6 Å². The fourth-order valence-corrected chi connectivity index (χ4v) is 2.49. The number of carboxylic acid groups (broad SMARTS) is 1. The Morgan fingerprint density at radius 2 is 2.05 bits per heavy atom. The van der Waals surface area contributed by atoms with Crippen LogP contribution < -0.4 is 5.32 Å². The van der Waals surface area contributed by atoms with Gasteiger partial charge in [0.15, 0.2) is 5.66 Å². The third-order valence-corrected chi connectivity index (χ3v) is 3.48. The third kappa shape index (κ3) is 1.95. The smallest absolute Gasteiger partial charge is 0.336 e. The van der Waals surface area contributed by atoms with Gasteiger partial charge >= 0.3 is 5.97 Å². The summed E-state index contributed by atoms with van der Waals surface area (Å²) in [4.78, 5) is 15.9.